The van der Waals surface area contributed by atoms with Gasteiger partial charge in [-0.15, -0.1) is 0 Å². The Labute approximate surface area is 154 Å². The third-order valence-electron chi connectivity index (χ3n) is 3.60. The quantitative estimate of drug-likeness (QED) is 0.703. The lowest BCUT2D eigenvalue weighted by Gasteiger charge is -2.14. The molecule has 0 heterocycles. The van der Waals surface area contributed by atoms with E-state index in [1.807, 2.05) is 24.3 Å². The summed E-state index contributed by atoms with van der Waals surface area (Å²) < 4.78 is 44.0. The highest BCUT2D eigenvalue weighted by molar-refractivity contribution is 6.30. The Morgan fingerprint density at radius 3 is 2.46 bits per heavy atom. The van der Waals surface area contributed by atoms with Crippen LogP contribution in [0.5, 0.6) is 5.75 Å². The summed E-state index contributed by atoms with van der Waals surface area (Å²) in [5, 5.41) is 5.11. The Morgan fingerprint density at radius 1 is 1.15 bits per heavy atom. The van der Waals surface area contributed by atoms with Crippen LogP contribution in [0.25, 0.3) is 0 Å². The molecule has 2 aromatic rings. The molecule has 0 saturated heterocycles. The standard InChI is InChI=1S/C18H18ClF3N2O2/c1-26-14-5-2-12(3-6-14)8-9-23-11-17(25)24-16-7-4-13(19)10-15(16)18(20,21)22/h2-7,10,23H,8-9,11H2,1H3,(H,24,25). The SMILES string of the molecule is COc1ccc(CCNCC(=O)Nc2ccc(Cl)cc2C(F)(F)F)cc1. The zero-order valence-electron chi connectivity index (χ0n) is 14.0. The highest BCUT2D eigenvalue weighted by Crippen LogP contribution is 2.36. The number of carbonyl (C=O) groups is 1. The van der Waals surface area contributed by atoms with Crippen LogP contribution in [-0.2, 0) is 17.4 Å². The number of amides is 1. The van der Waals surface area contributed by atoms with Gasteiger partial charge in [0, 0.05) is 5.02 Å². The first-order chi connectivity index (χ1) is 12.3. The van der Waals surface area contributed by atoms with Gasteiger partial charge in [-0.05, 0) is 48.9 Å². The molecule has 0 aliphatic rings. The normalized spacial score (nSPS) is 11.3. The van der Waals surface area contributed by atoms with Crippen molar-refractivity contribution in [2.24, 2.45) is 0 Å². The molecule has 0 aliphatic carbocycles. The van der Waals surface area contributed by atoms with Crippen molar-refractivity contribution in [3.63, 3.8) is 0 Å². The molecule has 1 amide bonds. The average Bonchev–Trinajstić information content (AvgIpc) is 2.60. The van der Waals surface area contributed by atoms with E-state index in [2.05, 4.69) is 10.6 Å². The number of hydrogen-bond donors (Lipinski definition) is 2. The summed E-state index contributed by atoms with van der Waals surface area (Å²) in [4.78, 5) is 11.9. The number of alkyl halides is 3. The molecule has 8 heteroatoms. The van der Waals surface area contributed by atoms with E-state index in [9.17, 15) is 18.0 Å². The van der Waals surface area contributed by atoms with Gasteiger partial charge in [0.25, 0.3) is 0 Å². The van der Waals surface area contributed by atoms with E-state index in [-0.39, 0.29) is 17.3 Å². The van der Waals surface area contributed by atoms with Gasteiger partial charge in [-0.3, -0.25) is 4.79 Å². The molecule has 0 aromatic heterocycles. The fraction of sp³-hybridized carbons (Fsp3) is 0.278. The maximum atomic E-state index is 13.0. The van der Waals surface area contributed by atoms with Gasteiger partial charge in [0.05, 0.1) is 24.9 Å². The Hall–Kier alpha value is -2.25. The molecule has 26 heavy (non-hydrogen) atoms. The predicted molar refractivity (Wildman–Crippen MR) is 94.7 cm³/mol. The van der Waals surface area contributed by atoms with Crippen LogP contribution < -0.4 is 15.4 Å². The Balaban J connectivity index is 1.83. The summed E-state index contributed by atoms with van der Waals surface area (Å²) in [7, 11) is 1.58. The number of rotatable bonds is 7. The van der Waals surface area contributed by atoms with Gasteiger partial charge in [0.15, 0.2) is 0 Å². The van der Waals surface area contributed by atoms with Gasteiger partial charge >= 0.3 is 6.18 Å². The van der Waals surface area contributed by atoms with Crippen LogP contribution in [0, 0.1) is 0 Å². The summed E-state index contributed by atoms with van der Waals surface area (Å²) in [6.45, 7) is 0.405. The van der Waals surface area contributed by atoms with Crippen molar-refractivity contribution >= 4 is 23.2 Å². The molecular formula is C18H18ClF3N2O2. The van der Waals surface area contributed by atoms with Gasteiger partial charge in [0.2, 0.25) is 5.91 Å². The van der Waals surface area contributed by atoms with Gasteiger partial charge in [-0.2, -0.15) is 13.2 Å². The first-order valence-electron chi connectivity index (χ1n) is 7.80. The molecule has 2 rings (SSSR count). The van der Waals surface area contributed by atoms with Crippen molar-refractivity contribution in [1.29, 1.82) is 0 Å². The minimum Gasteiger partial charge on any atom is -0.497 e. The fourth-order valence-electron chi connectivity index (χ4n) is 2.28. The third kappa shape index (κ3) is 5.93. The zero-order chi connectivity index (χ0) is 19.2. The van der Waals surface area contributed by atoms with Crippen LogP contribution in [0.1, 0.15) is 11.1 Å². The second-order valence-electron chi connectivity index (χ2n) is 5.51. The van der Waals surface area contributed by atoms with Crippen LogP contribution in [0.15, 0.2) is 42.5 Å². The molecule has 2 aromatic carbocycles. The van der Waals surface area contributed by atoms with Crippen molar-refractivity contribution < 1.29 is 22.7 Å². The zero-order valence-corrected chi connectivity index (χ0v) is 14.7. The van der Waals surface area contributed by atoms with E-state index in [4.69, 9.17) is 16.3 Å². The van der Waals surface area contributed by atoms with E-state index < -0.39 is 17.6 Å². The molecule has 0 saturated carbocycles. The molecule has 0 aliphatic heterocycles. The molecule has 140 valence electrons. The average molecular weight is 387 g/mol. The summed E-state index contributed by atoms with van der Waals surface area (Å²) in [5.41, 5.74) is -0.240. The first-order valence-corrected chi connectivity index (χ1v) is 8.17. The molecule has 0 radical (unpaired) electrons. The van der Waals surface area contributed by atoms with E-state index in [0.717, 1.165) is 23.4 Å². The molecule has 0 bridgehead atoms. The number of ether oxygens (including phenoxy) is 1. The lowest BCUT2D eigenvalue weighted by Crippen LogP contribution is -2.30. The molecule has 0 spiro atoms. The van der Waals surface area contributed by atoms with Crippen LogP contribution >= 0.6 is 11.6 Å². The second-order valence-corrected chi connectivity index (χ2v) is 5.95. The van der Waals surface area contributed by atoms with Crippen LogP contribution in [0.2, 0.25) is 5.02 Å². The summed E-state index contributed by atoms with van der Waals surface area (Å²) in [6.07, 6.45) is -3.93. The summed E-state index contributed by atoms with van der Waals surface area (Å²) >= 11 is 5.61. The van der Waals surface area contributed by atoms with E-state index in [1.54, 1.807) is 7.11 Å². The van der Waals surface area contributed by atoms with Crippen molar-refractivity contribution in [2.45, 2.75) is 12.6 Å². The number of anilines is 1. The molecule has 0 unspecified atom stereocenters. The fourth-order valence-corrected chi connectivity index (χ4v) is 2.45. The highest BCUT2D eigenvalue weighted by atomic mass is 35.5. The van der Waals surface area contributed by atoms with Gasteiger partial charge < -0.3 is 15.4 Å². The third-order valence-corrected chi connectivity index (χ3v) is 3.83. The van der Waals surface area contributed by atoms with Crippen LogP contribution in [0.3, 0.4) is 0 Å². The molecule has 0 fully saturated rings. The minimum absolute atomic E-state index is 0.0482. The van der Waals surface area contributed by atoms with Crippen LogP contribution in [0.4, 0.5) is 18.9 Å². The Kier molecular flexibility index (Phi) is 6.88. The highest BCUT2D eigenvalue weighted by Gasteiger charge is 2.34. The van der Waals surface area contributed by atoms with Gasteiger partial charge in [-0.1, -0.05) is 23.7 Å². The molecule has 0 atom stereocenters. The number of nitrogens with one attached hydrogen (secondary N) is 2. The Bertz CT molecular complexity index is 749. The van der Waals surface area contributed by atoms with Crippen LogP contribution in [-0.4, -0.2) is 26.1 Å². The number of carbonyl (C=O) groups excluding carboxylic acids is 1. The maximum Gasteiger partial charge on any atom is 0.418 e. The smallest absolute Gasteiger partial charge is 0.418 e. The Morgan fingerprint density at radius 2 is 1.85 bits per heavy atom. The lowest BCUT2D eigenvalue weighted by atomic mass is 10.1. The second kappa shape index (κ2) is 8.91. The monoisotopic (exact) mass is 386 g/mol. The van der Waals surface area contributed by atoms with Gasteiger partial charge in [-0.25, -0.2) is 0 Å². The topological polar surface area (TPSA) is 50.4 Å². The summed E-state index contributed by atoms with van der Waals surface area (Å²) in [6, 6.07) is 10.7. The van der Waals surface area contributed by atoms with Crippen molar-refractivity contribution in [1.82, 2.24) is 5.32 Å². The molecular weight excluding hydrogens is 369 g/mol. The maximum absolute atomic E-state index is 13.0. The minimum atomic E-state index is -4.60. The number of hydrogen-bond acceptors (Lipinski definition) is 3. The number of methoxy groups -OCH3 is 1. The predicted octanol–water partition coefficient (Wildman–Crippen LogP) is 4.14. The van der Waals surface area contributed by atoms with Crippen molar-refractivity contribution in [2.75, 3.05) is 25.5 Å². The van der Waals surface area contributed by atoms with Crippen molar-refractivity contribution in [3.05, 3.63) is 58.6 Å². The lowest BCUT2D eigenvalue weighted by molar-refractivity contribution is -0.137. The number of halogens is 4. The van der Waals surface area contributed by atoms with Gasteiger partial charge in [0.1, 0.15) is 5.75 Å². The molecule has 2 N–H and O–H groups in total. The van der Waals surface area contributed by atoms with E-state index in [1.165, 1.54) is 6.07 Å². The largest absolute Gasteiger partial charge is 0.497 e. The molecule has 4 nitrogen and oxygen atoms in total. The summed E-state index contributed by atoms with van der Waals surface area (Å²) in [5.74, 6) is 0.192. The van der Waals surface area contributed by atoms with E-state index in [0.29, 0.717) is 13.0 Å². The van der Waals surface area contributed by atoms with E-state index >= 15 is 0 Å². The number of benzene rings is 2. The van der Waals surface area contributed by atoms with Crippen molar-refractivity contribution in [3.8, 4) is 5.75 Å². The first kappa shape index (κ1) is 20.1.